The molecular weight excluding hydrogens is 276 g/mol. The molecule has 0 bridgehead atoms. The van der Waals surface area contributed by atoms with Gasteiger partial charge < -0.3 is 10.2 Å². The molecule has 0 atom stereocenters. The lowest BCUT2D eigenvalue weighted by molar-refractivity contribution is 0.440. The van der Waals surface area contributed by atoms with Crippen molar-refractivity contribution < 1.29 is 0 Å². The van der Waals surface area contributed by atoms with E-state index < -0.39 is 0 Å². The SMILES string of the molecule is CNC1CCN(c2cc(-n3cccn3)ncn2)CC1.Cl. The Hall–Kier alpha value is -1.66. The number of halogens is 1. The second kappa shape index (κ2) is 6.67. The fourth-order valence-corrected chi connectivity index (χ4v) is 2.44. The average molecular weight is 295 g/mol. The summed E-state index contributed by atoms with van der Waals surface area (Å²) >= 11 is 0. The fourth-order valence-electron chi connectivity index (χ4n) is 2.44. The highest BCUT2D eigenvalue weighted by molar-refractivity contribution is 5.85. The van der Waals surface area contributed by atoms with Gasteiger partial charge in [-0.3, -0.25) is 0 Å². The van der Waals surface area contributed by atoms with Crippen molar-refractivity contribution in [3.05, 3.63) is 30.9 Å². The van der Waals surface area contributed by atoms with Crippen LogP contribution in [0.2, 0.25) is 0 Å². The standard InChI is InChI=1S/C13H18N6.ClH/c1-14-11-3-7-18(8-4-11)12-9-13(16-10-15-12)19-6-2-5-17-19;/h2,5-6,9-11,14H,3-4,7-8H2,1H3;1H. The monoisotopic (exact) mass is 294 g/mol. The number of rotatable bonds is 3. The predicted molar refractivity (Wildman–Crippen MR) is 80.7 cm³/mol. The van der Waals surface area contributed by atoms with Gasteiger partial charge in [0.25, 0.3) is 0 Å². The second-order valence-electron chi connectivity index (χ2n) is 4.74. The average Bonchev–Trinajstić information content (AvgIpc) is 3.02. The summed E-state index contributed by atoms with van der Waals surface area (Å²) in [6.45, 7) is 2.06. The topological polar surface area (TPSA) is 58.9 Å². The number of anilines is 1. The van der Waals surface area contributed by atoms with Crippen molar-refractivity contribution in [1.29, 1.82) is 0 Å². The highest BCUT2D eigenvalue weighted by Crippen LogP contribution is 2.18. The Morgan fingerprint density at radius 3 is 2.60 bits per heavy atom. The molecule has 0 saturated carbocycles. The third kappa shape index (κ3) is 3.08. The first kappa shape index (κ1) is 14.7. The van der Waals surface area contributed by atoms with Gasteiger partial charge in [-0.2, -0.15) is 5.10 Å². The van der Waals surface area contributed by atoms with E-state index in [2.05, 4.69) is 25.3 Å². The molecule has 1 saturated heterocycles. The molecule has 1 fully saturated rings. The summed E-state index contributed by atoms with van der Waals surface area (Å²) in [7, 11) is 2.03. The summed E-state index contributed by atoms with van der Waals surface area (Å²) in [6.07, 6.45) is 7.55. The Bertz CT molecular complexity index is 521. The molecule has 2 aromatic heterocycles. The highest BCUT2D eigenvalue weighted by atomic mass is 35.5. The smallest absolute Gasteiger partial charge is 0.158 e. The van der Waals surface area contributed by atoms with Crippen molar-refractivity contribution in [2.45, 2.75) is 18.9 Å². The molecule has 3 rings (SSSR count). The van der Waals surface area contributed by atoms with Crippen LogP contribution in [0.1, 0.15) is 12.8 Å². The van der Waals surface area contributed by atoms with Gasteiger partial charge in [-0.25, -0.2) is 14.6 Å². The zero-order valence-corrected chi connectivity index (χ0v) is 12.3. The minimum absolute atomic E-state index is 0. The molecule has 0 radical (unpaired) electrons. The molecular formula is C13H19ClN6. The maximum Gasteiger partial charge on any atom is 0.158 e. The summed E-state index contributed by atoms with van der Waals surface area (Å²) in [5.41, 5.74) is 0. The van der Waals surface area contributed by atoms with Gasteiger partial charge in [0.05, 0.1) is 0 Å². The van der Waals surface area contributed by atoms with E-state index in [9.17, 15) is 0 Å². The van der Waals surface area contributed by atoms with E-state index in [0.717, 1.165) is 37.6 Å². The quantitative estimate of drug-likeness (QED) is 0.924. The van der Waals surface area contributed by atoms with Crippen LogP contribution in [0.3, 0.4) is 0 Å². The van der Waals surface area contributed by atoms with E-state index in [0.29, 0.717) is 6.04 Å². The number of nitrogens with zero attached hydrogens (tertiary/aromatic N) is 5. The molecule has 0 aromatic carbocycles. The Labute approximate surface area is 124 Å². The van der Waals surface area contributed by atoms with Gasteiger partial charge in [-0.05, 0) is 26.0 Å². The van der Waals surface area contributed by atoms with Crippen molar-refractivity contribution in [2.75, 3.05) is 25.0 Å². The third-order valence-corrected chi connectivity index (χ3v) is 3.60. The lowest BCUT2D eigenvalue weighted by Gasteiger charge is -2.32. The van der Waals surface area contributed by atoms with E-state index in [1.54, 1.807) is 17.2 Å². The Kier molecular flexibility index (Phi) is 4.92. The molecule has 1 N–H and O–H groups in total. The molecule has 108 valence electrons. The number of hydrogen-bond donors (Lipinski definition) is 1. The van der Waals surface area contributed by atoms with Crippen LogP contribution in [0.5, 0.6) is 0 Å². The summed E-state index contributed by atoms with van der Waals surface area (Å²) in [4.78, 5) is 10.9. The predicted octanol–water partition coefficient (Wildman–Crippen LogP) is 1.27. The molecule has 0 aliphatic carbocycles. The number of aromatic nitrogens is 4. The van der Waals surface area contributed by atoms with E-state index in [4.69, 9.17) is 0 Å². The lowest BCUT2D eigenvalue weighted by Crippen LogP contribution is -2.41. The first-order chi connectivity index (χ1) is 9.36. The van der Waals surface area contributed by atoms with E-state index in [-0.39, 0.29) is 12.4 Å². The van der Waals surface area contributed by atoms with Crippen LogP contribution in [0.4, 0.5) is 5.82 Å². The van der Waals surface area contributed by atoms with Gasteiger partial charge in [-0.15, -0.1) is 12.4 Å². The molecule has 2 aromatic rings. The van der Waals surface area contributed by atoms with Crippen molar-refractivity contribution in [3.8, 4) is 5.82 Å². The van der Waals surface area contributed by atoms with E-state index in [1.165, 1.54) is 0 Å². The van der Waals surface area contributed by atoms with Gasteiger partial charge in [0.15, 0.2) is 5.82 Å². The van der Waals surface area contributed by atoms with Crippen LogP contribution < -0.4 is 10.2 Å². The third-order valence-electron chi connectivity index (χ3n) is 3.60. The van der Waals surface area contributed by atoms with Crippen LogP contribution in [-0.4, -0.2) is 45.9 Å². The van der Waals surface area contributed by atoms with Crippen molar-refractivity contribution >= 4 is 18.2 Å². The first-order valence-electron chi connectivity index (χ1n) is 6.61. The van der Waals surface area contributed by atoms with Crippen LogP contribution >= 0.6 is 12.4 Å². The van der Waals surface area contributed by atoms with Gasteiger partial charge in [0.2, 0.25) is 0 Å². The van der Waals surface area contributed by atoms with Gasteiger partial charge >= 0.3 is 0 Å². The maximum atomic E-state index is 4.38. The normalized spacial score (nSPS) is 15.9. The van der Waals surface area contributed by atoms with Gasteiger partial charge in [0.1, 0.15) is 12.1 Å². The molecule has 7 heteroatoms. The van der Waals surface area contributed by atoms with Gasteiger partial charge in [-0.1, -0.05) is 0 Å². The van der Waals surface area contributed by atoms with Gasteiger partial charge in [0, 0.05) is 37.6 Å². The Morgan fingerprint density at radius 2 is 1.95 bits per heavy atom. The molecule has 1 aliphatic heterocycles. The summed E-state index contributed by atoms with van der Waals surface area (Å²) in [5.74, 6) is 1.79. The Balaban J connectivity index is 0.00000147. The second-order valence-corrected chi connectivity index (χ2v) is 4.74. The van der Waals surface area contributed by atoms with Crippen LogP contribution in [0.25, 0.3) is 5.82 Å². The molecule has 3 heterocycles. The molecule has 0 amide bonds. The first-order valence-corrected chi connectivity index (χ1v) is 6.61. The molecule has 1 aliphatic rings. The van der Waals surface area contributed by atoms with Crippen LogP contribution in [0.15, 0.2) is 30.9 Å². The molecule has 0 spiro atoms. The molecule has 20 heavy (non-hydrogen) atoms. The zero-order valence-electron chi connectivity index (χ0n) is 11.4. The van der Waals surface area contributed by atoms with Crippen molar-refractivity contribution in [1.82, 2.24) is 25.1 Å². The molecule has 0 unspecified atom stereocenters. The summed E-state index contributed by atoms with van der Waals surface area (Å²) in [6, 6.07) is 4.51. The summed E-state index contributed by atoms with van der Waals surface area (Å²) in [5, 5.41) is 7.53. The minimum Gasteiger partial charge on any atom is -0.356 e. The minimum atomic E-state index is 0. The van der Waals surface area contributed by atoms with Crippen molar-refractivity contribution in [3.63, 3.8) is 0 Å². The van der Waals surface area contributed by atoms with E-state index >= 15 is 0 Å². The lowest BCUT2D eigenvalue weighted by atomic mass is 10.1. The number of hydrogen-bond acceptors (Lipinski definition) is 5. The maximum absolute atomic E-state index is 4.38. The Morgan fingerprint density at radius 1 is 1.20 bits per heavy atom. The zero-order chi connectivity index (χ0) is 13.1. The highest BCUT2D eigenvalue weighted by Gasteiger charge is 2.19. The fraction of sp³-hybridized carbons (Fsp3) is 0.462. The van der Waals surface area contributed by atoms with Crippen LogP contribution in [0, 0.1) is 0 Å². The number of piperidine rings is 1. The largest absolute Gasteiger partial charge is 0.356 e. The van der Waals surface area contributed by atoms with Crippen LogP contribution in [-0.2, 0) is 0 Å². The molecule has 6 nitrogen and oxygen atoms in total. The number of nitrogens with one attached hydrogen (secondary N) is 1. The van der Waals surface area contributed by atoms with Crippen molar-refractivity contribution in [2.24, 2.45) is 0 Å². The van der Waals surface area contributed by atoms with E-state index in [1.807, 2.05) is 25.4 Å². The summed E-state index contributed by atoms with van der Waals surface area (Å²) < 4.78 is 1.76.